The number of piperidine rings is 1. The van der Waals surface area contributed by atoms with Crippen LogP contribution in [0.5, 0.6) is 0 Å². The molecule has 0 unspecified atom stereocenters. The maximum Gasteiger partial charge on any atom is 0.178 e. The van der Waals surface area contributed by atoms with Crippen molar-refractivity contribution in [2.24, 2.45) is 5.92 Å². The van der Waals surface area contributed by atoms with E-state index in [9.17, 15) is 12.8 Å². The highest BCUT2D eigenvalue weighted by atomic mass is 35.5. The van der Waals surface area contributed by atoms with E-state index in [4.69, 9.17) is 0 Å². The summed E-state index contributed by atoms with van der Waals surface area (Å²) in [5.74, 6) is -0.195. The van der Waals surface area contributed by atoms with Gasteiger partial charge in [0.25, 0.3) is 0 Å². The lowest BCUT2D eigenvalue weighted by Crippen LogP contribution is -2.31. The molecule has 0 saturated carbocycles. The summed E-state index contributed by atoms with van der Waals surface area (Å²) < 4.78 is 37.1. The number of rotatable bonds is 3. The molecule has 1 heterocycles. The monoisotopic (exact) mass is 293 g/mol. The van der Waals surface area contributed by atoms with Crippen molar-refractivity contribution in [1.29, 1.82) is 0 Å². The predicted octanol–water partition coefficient (Wildman–Crippen LogP) is 2.02. The third kappa shape index (κ3) is 3.93. The van der Waals surface area contributed by atoms with Crippen LogP contribution in [0.4, 0.5) is 4.39 Å². The summed E-state index contributed by atoms with van der Waals surface area (Å²) in [6, 6.07) is 5.24. The van der Waals surface area contributed by atoms with Crippen LogP contribution < -0.4 is 5.32 Å². The summed E-state index contributed by atoms with van der Waals surface area (Å²) in [6.45, 7) is 1.73. The average molecular weight is 294 g/mol. The van der Waals surface area contributed by atoms with E-state index >= 15 is 0 Å². The predicted molar refractivity (Wildman–Crippen MR) is 71.3 cm³/mol. The van der Waals surface area contributed by atoms with Gasteiger partial charge < -0.3 is 5.32 Å². The Morgan fingerprint density at radius 2 is 1.94 bits per heavy atom. The summed E-state index contributed by atoms with van der Waals surface area (Å²) >= 11 is 0. The number of benzene rings is 1. The minimum absolute atomic E-state index is 0. The SMILES string of the molecule is Cl.O=S(=O)(CC1CCNCC1)c1cccc(F)c1. The maximum absolute atomic E-state index is 13.0. The first-order valence-corrected chi connectivity index (χ1v) is 7.42. The van der Waals surface area contributed by atoms with Gasteiger partial charge in [-0.3, -0.25) is 0 Å². The fraction of sp³-hybridized carbons (Fsp3) is 0.500. The molecule has 3 nitrogen and oxygen atoms in total. The zero-order valence-corrected chi connectivity index (χ0v) is 11.6. The average Bonchev–Trinajstić information content (AvgIpc) is 2.30. The van der Waals surface area contributed by atoms with E-state index in [0.717, 1.165) is 32.0 Å². The van der Waals surface area contributed by atoms with Gasteiger partial charge in [-0.1, -0.05) is 6.07 Å². The highest BCUT2D eigenvalue weighted by Gasteiger charge is 2.23. The molecule has 0 spiro atoms. The molecule has 0 atom stereocenters. The second-order valence-corrected chi connectivity index (χ2v) is 6.47. The van der Waals surface area contributed by atoms with Gasteiger partial charge in [0.05, 0.1) is 10.6 Å². The molecule has 1 aromatic rings. The molecule has 2 rings (SSSR count). The second kappa shape index (κ2) is 6.50. The first kappa shape index (κ1) is 15.4. The van der Waals surface area contributed by atoms with Gasteiger partial charge in [-0.2, -0.15) is 0 Å². The van der Waals surface area contributed by atoms with Crippen LogP contribution in [0.3, 0.4) is 0 Å². The molecule has 1 fully saturated rings. The number of halogens is 2. The molecule has 0 radical (unpaired) electrons. The molecule has 102 valence electrons. The Morgan fingerprint density at radius 1 is 1.28 bits per heavy atom. The number of hydrogen-bond acceptors (Lipinski definition) is 3. The van der Waals surface area contributed by atoms with E-state index in [2.05, 4.69) is 5.32 Å². The van der Waals surface area contributed by atoms with Crippen molar-refractivity contribution in [3.63, 3.8) is 0 Å². The summed E-state index contributed by atoms with van der Waals surface area (Å²) in [6.07, 6.45) is 1.74. The van der Waals surface area contributed by atoms with Crippen LogP contribution in [0.25, 0.3) is 0 Å². The number of nitrogens with one attached hydrogen (secondary N) is 1. The van der Waals surface area contributed by atoms with Crippen LogP contribution in [0.2, 0.25) is 0 Å². The molecule has 6 heteroatoms. The minimum Gasteiger partial charge on any atom is -0.317 e. The topological polar surface area (TPSA) is 46.2 Å². The molecule has 0 aromatic heterocycles. The highest BCUT2D eigenvalue weighted by Crippen LogP contribution is 2.20. The van der Waals surface area contributed by atoms with Crippen LogP contribution in [0, 0.1) is 11.7 Å². The lowest BCUT2D eigenvalue weighted by Gasteiger charge is -2.22. The van der Waals surface area contributed by atoms with Crippen molar-refractivity contribution in [2.45, 2.75) is 17.7 Å². The Hall–Kier alpha value is -0.650. The standard InChI is InChI=1S/C12H16FNO2S.ClH/c13-11-2-1-3-12(8-11)17(15,16)9-10-4-6-14-7-5-10;/h1-3,8,10,14H,4-7,9H2;1H. The van der Waals surface area contributed by atoms with Gasteiger partial charge in [-0.05, 0) is 50.0 Å². The smallest absolute Gasteiger partial charge is 0.178 e. The van der Waals surface area contributed by atoms with E-state index in [1.54, 1.807) is 0 Å². The molecule has 1 N–H and O–H groups in total. The molecular weight excluding hydrogens is 277 g/mol. The van der Waals surface area contributed by atoms with Crippen LogP contribution in [-0.4, -0.2) is 27.3 Å². The first-order valence-electron chi connectivity index (χ1n) is 5.77. The van der Waals surface area contributed by atoms with Crippen LogP contribution >= 0.6 is 12.4 Å². The van der Waals surface area contributed by atoms with Crippen molar-refractivity contribution < 1.29 is 12.8 Å². The van der Waals surface area contributed by atoms with E-state index in [-0.39, 0.29) is 29.0 Å². The third-order valence-electron chi connectivity index (χ3n) is 3.07. The molecule has 0 amide bonds. The van der Waals surface area contributed by atoms with Crippen LogP contribution in [0.1, 0.15) is 12.8 Å². The fourth-order valence-electron chi connectivity index (χ4n) is 2.12. The molecule has 1 aliphatic heterocycles. The summed E-state index contributed by atoms with van der Waals surface area (Å²) in [7, 11) is -3.35. The fourth-order valence-corrected chi connectivity index (χ4v) is 3.84. The highest BCUT2D eigenvalue weighted by molar-refractivity contribution is 7.91. The van der Waals surface area contributed by atoms with Crippen molar-refractivity contribution in [3.8, 4) is 0 Å². The number of hydrogen-bond donors (Lipinski definition) is 1. The minimum atomic E-state index is -3.35. The first-order chi connectivity index (χ1) is 8.08. The van der Waals surface area contributed by atoms with Gasteiger partial charge >= 0.3 is 0 Å². The summed E-state index contributed by atoms with van der Waals surface area (Å²) in [4.78, 5) is 0.0935. The molecule has 1 aromatic carbocycles. The molecular formula is C12H17ClFNO2S. The van der Waals surface area contributed by atoms with Gasteiger partial charge in [-0.15, -0.1) is 12.4 Å². The third-order valence-corrected chi connectivity index (χ3v) is 4.95. The molecule has 0 aliphatic carbocycles. The normalized spacial score (nSPS) is 17.2. The van der Waals surface area contributed by atoms with Gasteiger partial charge in [0.2, 0.25) is 0 Å². The van der Waals surface area contributed by atoms with Crippen LogP contribution in [-0.2, 0) is 9.84 Å². The quantitative estimate of drug-likeness (QED) is 0.927. The number of sulfone groups is 1. The van der Waals surface area contributed by atoms with E-state index in [1.165, 1.54) is 18.2 Å². The summed E-state index contributed by atoms with van der Waals surface area (Å²) in [5, 5.41) is 3.19. The zero-order chi connectivity index (χ0) is 12.3. The Bertz CT molecular complexity index is 487. The van der Waals surface area contributed by atoms with Gasteiger partial charge in [0.15, 0.2) is 9.84 Å². The Kier molecular flexibility index (Phi) is 5.56. The molecule has 18 heavy (non-hydrogen) atoms. The van der Waals surface area contributed by atoms with Crippen LogP contribution in [0.15, 0.2) is 29.2 Å². The van der Waals surface area contributed by atoms with Gasteiger partial charge in [0, 0.05) is 0 Å². The molecule has 1 aliphatic rings. The summed E-state index contributed by atoms with van der Waals surface area (Å²) in [5.41, 5.74) is 0. The van der Waals surface area contributed by atoms with E-state index in [1.807, 2.05) is 0 Å². The Labute approximate surface area is 113 Å². The van der Waals surface area contributed by atoms with Crippen molar-refractivity contribution in [3.05, 3.63) is 30.1 Å². The van der Waals surface area contributed by atoms with Crippen molar-refractivity contribution in [1.82, 2.24) is 5.32 Å². The second-order valence-electron chi connectivity index (χ2n) is 4.43. The van der Waals surface area contributed by atoms with E-state index in [0.29, 0.717) is 0 Å². The maximum atomic E-state index is 13.0. The lowest BCUT2D eigenvalue weighted by molar-refractivity contribution is 0.401. The van der Waals surface area contributed by atoms with Gasteiger partial charge in [0.1, 0.15) is 5.82 Å². The lowest BCUT2D eigenvalue weighted by atomic mass is 10.0. The molecule has 1 saturated heterocycles. The zero-order valence-electron chi connectivity index (χ0n) is 9.93. The van der Waals surface area contributed by atoms with Crippen molar-refractivity contribution >= 4 is 22.2 Å². The Balaban J connectivity index is 0.00000162. The van der Waals surface area contributed by atoms with Crippen molar-refractivity contribution in [2.75, 3.05) is 18.8 Å². The Morgan fingerprint density at radius 3 is 2.56 bits per heavy atom. The molecule has 0 bridgehead atoms. The largest absolute Gasteiger partial charge is 0.317 e. The van der Waals surface area contributed by atoms with E-state index < -0.39 is 15.7 Å². The van der Waals surface area contributed by atoms with Gasteiger partial charge in [-0.25, -0.2) is 12.8 Å².